The molecule has 0 aliphatic carbocycles. The standard InChI is InChI=1S/C18H22N4O3/c1-18(2,3)22(11-13-7-5-4-6-8-13)14(23)12-25-17(24)15-16(19)21-10-9-20-15/h4-10H,11-12H2,1-3H3,(H2,19,21). The van der Waals surface area contributed by atoms with Crippen LogP contribution in [0.2, 0.25) is 0 Å². The van der Waals surface area contributed by atoms with Gasteiger partial charge in [0.25, 0.3) is 5.91 Å². The van der Waals surface area contributed by atoms with Crippen molar-refractivity contribution >= 4 is 17.7 Å². The van der Waals surface area contributed by atoms with Crippen LogP contribution in [0.1, 0.15) is 36.8 Å². The maximum Gasteiger partial charge on any atom is 0.361 e. The molecule has 0 spiro atoms. The fourth-order valence-corrected chi connectivity index (χ4v) is 2.25. The van der Waals surface area contributed by atoms with Crippen molar-refractivity contribution < 1.29 is 14.3 Å². The second-order valence-corrected chi connectivity index (χ2v) is 6.50. The molecule has 0 aliphatic heterocycles. The van der Waals surface area contributed by atoms with Gasteiger partial charge in [0.05, 0.1) is 0 Å². The summed E-state index contributed by atoms with van der Waals surface area (Å²) in [7, 11) is 0. The highest BCUT2D eigenvalue weighted by Crippen LogP contribution is 2.18. The summed E-state index contributed by atoms with van der Waals surface area (Å²) in [5.41, 5.74) is 6.06. The Kier molecular flexibility index (Phi) is 5.69. The molecule has 132 valence electrons. The molecule has 0 aliphatic rings. The number of esters is 1. The number of hydrogen-bond acceptors (Lipinski definition) is 6. The number of nitrogens with two attached hydrogens (primary N) is 1. The van der Waals surface area contributed by atoms with Gasteiger partial charge in [-0.2, -0.15) is 0 Å². The van der Waals surface area contributed by atoms with E-state index in [1.54, 1.807) is 4.90 Å². The number of hydrogen-bond donors (Lipinski definition) is 1. The van der Waals surface area contributed by atoms with Gasteiger partial charge >= 0.3 is 5.97 Å². The Morgan fingerprint density at radius 1 is 1.12 bits per heavy atom. The topological polar surface area (TPSA) is 98.4 Å². The normalized spacial score (nSPS) is 11.0. The Hall–Kier alpha value is -2.96. The minimum absolute atomic E-state index is 0.0306. The van der Waals surface area contributed by atoms with E-state index in [1.807, 2.05) is 51.1 Å². The molecule has 1 aromatic heterocycles. The fourth-order valence-electron chi connectivity index (χ4n) is 2.25. The molecular formula is C18H22N4O3. The number of ether oxygens (including phenoxy) is 1. The van der Waals surface area contributed by atoms with E-state index in [4.69, 9.17) is 10.5 Å². The molecule has 0 unspecified atom stereocenters. The van der Waals surface area contributed by atoms with Crippen molar-refractivity contribution in [2.45, 2.75) is 32.9 Å². The number of nitrogens with zero attached hydrogens (tertiary/aromatic N) is 3. The van der Waals surface area contributed by atoms with Gasteiger partial charge in [0.2, 0.25) is 0 Å². The third-order valence-corrected chi connectivity index (χ3v) is 3.54. The van der Waals surface area contributed by atoms with Crippen molar-refractivity contribution in [2.75, 3.05) is 12.3 Å². The zero-order chi connectivity index (χ0) is 18.4. The van der Waals surface area contributed by atoms with Crippen molar-refractivity contribution in [3.63, 3.8) is 0 Å². The predicted molar refractivity (Wildman–Crippen MR) is 93.5 cm³/mol. The van der Waals surface area contributed by atoms with Crippen molar-refractivity contribution in [2.24, 2.45) is 0 Å². The van der Waals surface area contributed by atoms with Gasteiger partial charge < -0.3 is 15.4 Å². The Bertz CT molecular complexity index is 741. The molecule has 0 saturated heterocycles. The lowest BCUT2D eigenvalue weighted by atomic mass is 10.0. The molecule has 0 atom stereocenters. The number of aromatic nitrogens is 2. The Balaban J connectivity index is 2.05. The van der Waals surface area contributed by atoms with E-state index in [9.17, 15) is 9.59 Å². The predicted octanol–water partition coefficient (Wildman–Crippen LogP) is 2.04. The lowest BCUT2D eigenvalue weighted by molar-refractivity contribution is -0.140. The van der Waals surface area contributed by atoms with Crippen LogP contribution in [0.5, 0.6) is 0 Å². The number of carbonyl (C=O) groups excluding carboxylic acids is 2. The molecule has 1 heterocycles. The first-order chi connectivity index (χ1) is 11.8. The molecule has 2 aromatic rings. The zero-order valence-electron chi connectivity index (χ0n) is 14.6. The van der Waals surface area contributed by atoms with E-state index >= 15 is 0 Å². The fraction of sp³-hybridized carbons (Fsp3) is 0.333. The van der Waals surface area contributed by atoms with Crippen molar-refractivity contribution in [1.29, 1.82) is 0 Å². The average Bonchev–Trinajstić information content (AvgIpc) is 2.57. The van der Waals surface area contributed by atoms with Crippen LogP contribution >= 0.6 is 0 Å². The van der Waals surface area contributed by atoms with Crippen LogP contribution in [0.25, 0.3) is 0 Å². The molecule has 7 nitrogen and oxygen atoms in total. The quantitative estimate of drug-likeness (QED) is 0.835. The number of rotatable bonds is 5. The number of anilines is 1. The number of carbonyl (C=O) groups is 2. The van der Waals surface area contributed by atoms with Crippen LogP contribution in [-0.4, -0.2) is 38.9 Å². The van der Waals surface area contributed by atoms with Crippen molar-refractivity contribution in [1.82, 2.24) is 14.9 Å². The van der Waals surface area contributed by atoms with Gasteiger partial charge in [-0.1, -0.05) is 30.3 Å². The SMILES string of the molecule is CC(C)(C)N(Cc1ccccc1)C(=O)COC(=O)c1nccnc1N. The number of amides is 1. The van der Waals surface area contributed by atoms with Crippen molar-refractivity contribution in [3.05, 3.63) is 54.0 Å². The summed E-state index contributed by atoms with van der Waals surface area (Å²) >= 11 is 0. The largest absolute Gasteiger partial charge is 0.451 e. The molecule has 0 saturated carbocycles. The third kappa shape index (κ3) is 5.00. The van der Waals surface area contributed by atoms with Crippen LogP contribution < -0.4 is 5.73 Å². The summed E-state index contributed by atoms with van der Waals surface area (Å²) in [4.78, 5) is 33.9. The number of nitrogen functional groups attached to an aromatic ring is 1. The first-order valence-corrected chi connectivity index (χ1v) is 7.87. The lowest BCUT2D eigenvalue weighted by Gasteiger charge is -2.35. The van der Waals surface area contributed by atoms with Gasteiger partial charge in [-0.3, -0.25) is 4.79 Å². The zero-order valence-corrected chi connectivity index (χ0v) is 14.6. The molecule has 2 rings (SSSR count). The molecular weight excluding hydrogens is 320 g/mol. The summed E-state index contributed by atoms with van der Waals surface area (Å²) in [5, 5.41) is 0. The minimum Gasteiger partial charge on any atom is -0.451 e. The highest BCUT2D eigenvalue weighted by molar-refractivity contribution is 5.93. The minimum atomic E-state index is -0.771. The van der Waals surface area contributed by atoms with Gasteiger partial charge in [0.15, 0.2) is 18.1 Å². The van der Waals surface area contributed by atoms with Gasteiger partial charge in [-0.25, -0.2) is 14.8 Å². The molecule has 1 aromatic carbocycles. The molecule has 0 radical (unpaired) electrons. The monoisotopic (exact) mass is 342 g/mol. The Morgan fingerprint density at radius 2 is 1.76 bits per heavy atom. The second kappa shape index (κ2) is 7.74. The summed E-state index contributed by atoms with van der Waals surface area (Å²) in [5.74, 6) is -1.10. The van der Waals surface area contributed by atoms with Crippen LogP contribution in [-0.2, 0) is 16.1 Å². The van der Waals surface area contributed by atoms with E-state index in [0.717, 1.165) is 5.56 Å². The summed E-state index contributed by atoms with van der Waals surface area (Å²) in [6.45, 7) is 5.82. The van der Waals surface area contributed by atoms with E-state index in [1.165, 1.54) is 12.4 Å². The molecule has 1 amide bonds. The molecule has 0 fully saturated rings. The Morgan fingerprint density at radius 3 is 2.36 bits per heavy atom. The van der Waals surface area contributed by atoms with Crippen molar-refractivity contribution in [3.8, 4) is 0 Å². The Labute approximate surface area is 146 Å². The van der Waals surface area contributed by atoms with E-state index in [0.29, 0.717) is 6.54 Å². The maximum atomic E-state index is 12.6. The van der Waals surface area contributed by atoms with Gasteiger partial charge in [0, 0.05) is 24.5 Å². The molecule has 0 bridgehead atoms. The van der Waals surface area contributed by atoms with Crippen LogP contribution in [0.3, 0.4) is 0 Å². The number of benzene rings is 1. The van der Waals surface area contributed by atoms with Gasteiger partial charge in [-0.15, -0.1) is 0 Å². The smallest absolute Gasteiger partial charge is 0.361 e. The van der Waals surface area contributed by atoms with Gasteiger partial charge in [0.1, 0.15) is 0 Å². The second-order valence-electron chi connectivity index (χ2n) is 6.50. The highest BCUT2D eigenvalue weighted by Gasteiger charge is 2.27. The first-order valence-electron chi connectivity index (χ1n) is 7.87. The summed E-state index contributed by atoms with van der Waals surface area (Å²) < 4.78 is 5.07. The van der Waals surface area contributed by atoms with Crippen LogP contribution in [0, 0.1) is 0 Å². The average molecular weight is 342 g/mol. The van der Waals surface area contributed by atoms with E-state index in [-0.39, 0.29) is 24.0 Å². The lowest BCUT2D eigenvalue weighted by Crippen LogP contribution is -2.46. The highest BCUT2D eigenvalue weighted by atomic mass is 16.5. The summed E-state index contributed by atoms with van der Waals surface area (Å²) in [6, 6.07) is 9.63. The van der Waals surface area contributed by atoms with E-state index < -0.39 is 11.5 Å². The first kappa shape index (κ1) is 18.4. The van der Waals surface area contributed by atoms with Crippen LogP contribution in [0.4, 0.5) is 5.82 Å². The molecule has 25 heavy (non-hydrogen) atoms. The van der Waals surface area contributed by atoms with Gasteiger partial charge in [-0.05, 0) is 26.3 Å². The van der Waals surface area contributed by atoms with E-state index in [2.05, 4.69) is 9.97 Å². The maximum absolute atomic E-state index is 12.6. The molecule has 7 heteroatoms. The summed E-state index contributed by atoms with van der Waals surface area (Å²) in [6.07, 6.45) is 2.71. The molecule has 2 N–H and O–H groups in total. The van der Waals surface area contributed by atoms with Crippen LogP contribution in [0.15, 0.2) is 42.7 Å². The third-order valence-electron chi connectivity index (χ3n) is 3.54.